The number of hydrogen-bond acceptors (Lipinski definition) is 7. The Kier molecular flexibility index (Phi) is 5.33. The molecule has 1 fully saturated rings. The molecule has 0 saturated heterocycles. The number of carbonyl (C=O) groups excluding carboxylic acids is 1. The van der Waals surface area contributed by atoms with Crippen LogP contribution in [0.1, 0.15) is 29.0 Å². The zero-order chi connectivity index (χ0) is 23.8. The maximum Gasteiger partial charge on any atom is 0.354 e. The van der Waals surface area contributed by atoms with E-state index in [1.807, 2.05) is 25.1 Å². The number of carboxylic acid groups (broad SMARTS) is 1. The average molecular weight is 458 g/mol. The Balaban J connectivity index is 1.53. The van der Waals surface area contributed by atoms with Crippen molar-refractivity contribution in [1.29, 1.82) is 0 Å². The molecule has 0 unspecified atom stereocenters. The standard InChI is InChI=1S/C24H22N6O4/c1-13-12-30-22(26-13)19(10-20(29-30)28-23(31)14-6-7-14)27-17-5-3-4-16(21(17)34-2)15-8-9-18(24(32)33)25-11-15/h3-5,8-12,14,27H,6-7H2,1-2H3,(H,32,33)(H,28,29,31). The van der Waals surface area contributed by atoms with Crippen molar-refractivity contribution >= 4 is 34.7 Å². The molecule has 1 aliphatic carbocycles. The van der Waals surface area contributed by atoms with Crippen molar-refractivity contribution in [3.63, 3.8) is 0 Å². The minimum absolute atomic E-state index is 0.0355. The SMILES string of the molecule is COc1c(Nc2cc(NC(=O)C3CC3)nn3cc(C)nc23)cccc1-c1ccc(C(=O)O)nc1. The molecule has 0 bridgehead atoms. The molecule has 5 rings (SSSR count). The molecule has 0 atom stereocenters. The normalized spacial score (nSPS) is 13.0. The third-order valence-electron chi connectivity index (χ3n) is 5.53. The van der Waals surface area contributed by atoms with Gasteiger partial charge in [0.1, 0.15) is 11.4 Å². The summed E-state index contributed by atoms with van der Waals surface area (Å²) in [5.41, 5.74) is 4.10. The van der Waals surface area contributed by atoms with Gasteiger partial charge in [-0.3, -0.25) is 4.79 Å². The number of nitrogens with one attached hydrogen (secondary N) is 2. The van der Waals surface area contributed by atoms with Crippen LogP contribution in [0.15, 0.2) is 48.8 Å². The van der Waals surface area contributed by atoms with Gasteiger partial charge in [0.05, 0.1) is 30.4 Å². The van der Waals surface area contributed by atoms with E-state index >= 15 is 0 Å². The lowest BCUT2D eigenvalue weighted by atomic mass is 10.0. The number of aromatic carboxylic acids is 1. The van der Waals surface area contributed by atoms with Gasteiger partial charge in [-0.1, -0.05) is 18.2 Å². The van der Waals surface area contributed by atoms with E-state index in [0.717, 1.165) is 24.1 Å². The molecule has 10 nitrogen and oxygen atoms in total. The lowest BCUT2D eigenvalue weighted by Crippen LogP contribution is -2.15. The average Bonchev–Trinajstić information content (AvgIpc) is 3.61. The van der Waals surface area contributed by atoms with E-state index in [0.29, 0.717) is 34.2 Å². The number of methoxy groups -OCH3 is 1. The van der Waals surface area contributed by atoms with Gasteiger partial charge in [0.25, 0.3) is 0 Å². The van der Waals surface area contributed by atoms with Crippen LogP contribution >= 0.6 is 0 Å². The van der Waals surface area contributed by atoms with Gasteiger partial charge in [-0.05, 0) is 31.9 Å². The first-order valence-electron chi connectivity index (χ1n) is 10.7. The topological polar surface area (TPSA) is 131 Å². The van der Waals surface area contributed by atoms with Gasteiger partial charge in [-0.2, -0.15) is 0 Å². The smallest absolute Gasteiger partial charge is 0.354 e. The molecular formula is C24H22N6O4. The largest absolute Gasteiger partial charge is 0.494 e. The number of nitrogens with zero attached hydrogens (tertiary/aromatic N) is 4. The number of anilines is 3. The summed E-state index contributed by atoms with van der Waals surface area (Å²) in [4.78, 5) is 32.0. The summed E-state index contributed by atoms with van der Waals surface area (Å²) in [5.74, 6) is -0.0971. The maximum absolute atomic E-state index is 12.3. The van der Waals surface area contributed by atoms with E-state index in [-0.39, 0.29) is 17.5 Å². The first-order valence-corrected chi connectivity index (χ1v) is 10.7. The van der Waals surface area contributed by atoms with E-state index in [1.54, 1.807) is 30.0 Å². The molecule has 10 heteroatoms. The Morgan fingerprint density at radius 3 is 2.68 bits per heavy atom. The monoisotopic (exact) mass is 458 g/mol. The van der Waals surface area contributed by atoms with Gasteiger partial charge in [0.15, 0.2) is 11.5 Å². The zero-order valence-corrected chi connectivity index (χ0v) is 18.6. The number of fused-ring (bicyclic) bond motifs is 1. The Morgan fingerprint density at radius 2 is 2.00 bits per heavy atom. The summed E-state index contributed by atoms with van der Waals surface area (Å²) in [6.07, 6.45) is 5.08. The zero-order valence-electron chi connectivity index (χ0n) is 18.6. The summed E-state index contributed by atoms with van der Waals surface area (Å²) in [6, 6.07) is 10.5. The van der Waals surface area contributed by atoms with Crippen molar-refractivity contribution < 1.29 is 19.4 Å². The van der Waals surface area contributed by atoms with Crippen molar-refractivity contribution in [2.45, 2.75) is 19.8 Å². The molecule has 1 saturated carbocycles. The number of aryl methyl sites for hydroxylation is 1. The van der Waals surface area contributed by atoms with Crippen LogP contribution in [0.5, 0.6) is 5.75 Å². The second-order valence-electron chi connectivity index (χ2n) is 8.11. The summed E-state index contributed by atoms with van der Waals surface area (Å²) in [7, 11) is 1.56. The molecule has 1 amide bonds. The minimum Gasteiger partial charge on any atom is -0.494 e. The second kappa shape index (κ2) is 8.47. The molecule has 1 aromatic carbocycles. The lowest BCUT2D eigenvalue weighted by molar-refractivity contribution is -0.117. The number of rotatable bonds is 7. The van der Waals surface area contributed by atoms with Gasteiger partial charge in [-0.25, -0.2) is 19.3 Å². The summed E-state index contributed by atoms with van der Waals surface area (Å²) >= 11 is 0. The second-order valence-corrected chi connectivity index (χ2v) is 8.11. The third kappa shape index (κ3) is 4.13. The number of pyridine rings is 1. The van der Waals surface area contributed by atoms with Crippen molar-refractivity contribution in [1.82, 2.24) is 19.6 Å². The van der Waals surface area contributed by atoms with Gasteiger partial charge < -0.3 is 20.5 Å². The van der Waals surface area contributed by atoms with Crippen LogP contribution < -0.4 is 15.4 Å². The number of para-hydroxylation sites is 1. The van der Waals surface area contributed by atoms with Crippen LogP contribution in [0.2, 0.25) is 0 Å². The van der Waals surface area contributed by atoms with Crippen LogP contribution in [0, 0.1) is 12.8 Å². The van der Waals surface area contributed by atoms with Crippen molar-refractivity contribution in [2.75, 3.05) is 17.7 Å². The number of carbonyl (C=O) groups is 2. The molecule has 0 aliphatic heterocycles. The Morgan fingerprint density at radius 1 is 1.18 bits per heavy atom. The van der Waals surface area contributed by atoms with Crippen molar-refractivity contribution in [3.05, 3.63) is 60.2 Å². The summed E-state index contributed by atoms with van der Waals surface area (Å²) in [5, 5.41) is 19.8. The summed E-state index contributed by atoms with van der Waals surface area (Å²) in [6.45, 7) is 1.87. The fraction of sp³-hybridized carbons (Fsp3) is 0.208. The Labute approximate surface area is 194 Å². The molecular weight excluding hydrogens is 436 g/mol. The quantitative estimate of drug-likeness (QED) is 0.380. The molecule has 3 heterocycles. The van der Waals surface area contributed by atoms with E-state index in [1.165, 1.54) is 12.3 Å². The number of imidazole rings is 1. The number of carboxylic acids is 1. The highest BCUT2D eigenvalue weighted by Gasteiger charge is 2.30. The number of hydrogen-bond donors (Lipinski definition) is 3. The molecule has 4 aromatic rings. The van der Waals surface area contributed by atoms with Crippen LogP contribution in [0.4, 0.5) is 17.2 Å². The maximum atomic E-state index is 12.3. The molecule has 1 aliphatic rings. The predicted octanol–water partition coefficient (Wildman–Crippen LogP) is 3.90. The Bertz CT molecular complexity index is 1410. The fourth-order valence-electron chi connectivity index (χ4n) is 3.73. The van der Waals surface area contributed by atoms with Gasteiger partial charge >= 0.3 is 5.97 Å². The Hall–Kier alpha value is -4.47. The molecule has 3 N–H and O–H groups in total. The van der Waals surface area contributed by atoms with E-state index < -0.39 is 5.97 Å². The van der Waals surface area contributed by atoms with Crippen molar-refractivity contribution in [2.24, 2.45) is 5.92 Å². The van der Waals surface area contributed by atoms with Gasteiger partial charge in [-0.15, -0.1) is 5.10 Å². The number of ether oxygens (including phenoxy) is 1. The fourth-order valence-corrected chi connectivity index (χ4v) is 3.73. The third-order valence-corrected chi connectivity index (χ3v) is 5.53. The first kappa shape index (κ1) is 21.4. The highest BCUT2D eigenvalue weighted by Crippen LogP contribution is 2.38. The predicted molar refractivity (Wildman–Crippen MR) is 126 cm³/mol. The highest BCUT2D eigenvalue weighted by molar-refractivity contribution is 5.94. The van der Waals surface area contributed by atoms with E-state index in [4.69, 9.17) is 9.84 Å². The number of amides is 1. The minimum atomic E-state index is -1.09. The van der Waals surface area contributed by atoms with Crippen LogP contribution in [-0.2, 0) is 4.79 Å². The highest BCUT2D eigenvalue weighted by atomic mass is 16.5. The van der Waals surface area contributed by atoms with Gasteiger partial charge in [0.2, 0.25) is 5.91 Å². The van der Waals surface area contributed by atoms with E-state index in [2.05, 4.69) is 25.7 Å². The van der Waals surface area contributed by atoms with Crippen LogP contribution in [-0.4, -0.2) is 43.7 Å². The summed E-state index contributed by atoms with van der Waals surface area (Å²) < 4.78 is 7.34. The number of aromatic nitrogens is 4. The molecule has 0 spiro atoms. The molecule has 0 radical (unpaired) electrons. The first-order chi connectivity index (χ1) is 16.4. The van der Waals surface area contributed by atoms with Crippen LogP contribution in [0.3, 0.4) is 0 Å². The van der Waals surface area contributed by atoms with Crippen LogP contribution in [0.25, 0.3) is 16.8 Å². The number of benzene rings is 1. The lowest BCUT2D eigenvalue weighted by Gasteiger charge is -2.16. The van der Waals surface area contributed by atoms with E-state index in [9.17, 15) is 9.59 Å². The molecule has 172 valence electrons. The molecule has 34 heavy (non-hydrogen) atoms. The van der Waals surface area contributed by atoms with Crippen molar-refractivity contribution in [3.8, 4) is 16.9 Å². The van der Waals surface area contributed by atoms with Gasteiger partial charge in [0, 0.05) is 29.3 Å². The molecule has 3 aromatic heterocycles.